The quantitative estimate of drug-likeness (QED) is 0.816. The van der Waals surface area contributed by atoms with Crippen molar-refractivity contribution >= 4 is 11.6 Å². The van der Waals surface area contributed by atoms with Gasteiger partial charge in [-0.15, -0.1) is 0 Å². The second kappa shape index (κ2) is 5.20. The molecule has 1 N–H and O–H groups in total. The van der Waals surface area contributed by atoms with Crippen LogP contribution in [0.2, 0.25) is 5.02 Å². The van der Waals surface area contributed by atoms with Crippen molar-refractivity contribution in [2.75, 3.05) is 0 Å². The Labute approximate surface area is 102 Å². The maximum absolute atomic E-state index is 10.3. The summed E-state index contributed by atoms with van der Waals surface area (Å²) in [7, 11) is 0. The molecule has 0 aliphatic heterocycles. The number of halogens is 1. The summed E-state index contributed by atoms with van der Waals surface area (Å²) in [4.78, 5) is 0. The molecule has 1 aliphatic rings. The first-order valence-electron chi connectivity index (χ1n) is 6.12. The van der Waals surface area contributed by atoms with Gasteiger partial charge in [-0.1, -0.05) is 36.9 Å². The number of hydrogen-bond donors (Lipinski definition) is 1. The highest BCUT2D eigenvalue weighted by molar-refractivity contribution is 6.30. The summed E-state index contributed by atoms with van der Waals surface area (Å²) in [5.41, 5.74) is 2.11. The number of aliphatic hydroxyl groups is 1. The fraction of sp³-hybridized carbons (Fsp3) is 0.571. The van der Waals surface area contributed by atoms with E-state index in [1.54, 1.807) is 0 Å². The number of aliphatic hydroxyl groups excluding tert-OH is 1. The van der Waals surface area contributed by atoms with Gasteiger partial charge in [0.15, 0.2) is 0 Å². The summed E-state index contributed by atoms with van der Waals surface area (Å²) in [6.45, 7) is 2.02. The van der Waals surface area contributed by atoms with Gasteiger partial charge in [0.1, 0.15) is 0 Å². The predicted octanol–water partition coefficient (Wildman–Crippen LogP) is 4.26. The van der Waals surface area contributed by atoms with Crippen LogP contribution in [0.1, 0.15) is 49.3 Å². The Morgan fingerprint density at radius 3 is 2.50 bits per heavy atom. The lowest BCUT2D eigenvalue weighted by molar-refractivity contribution is 0.0848. The van der Waals surface area contributed by atoms with Gasteiger partial charge in [-0.3, -0.25) is 0 Å². The Kier molecular flexibility index (Phi) is 3.88. The van der Waals surface area contributed by atoms with E-state index >= 15 is 0 Å². The number of aryl methyl sites for hydroxylation is 1. The topological polar surface area (TPSA) is 20.2 Å². The third-order valence-electron chi connectivity index (χ3n) is 3.50. The molecule has 1 aromatic carbocycles. The van der Waals surface area contributed by atoms with Crippen LogP contribution in [-0.4, -0.2) is 5.11 Å². The average molecular weight is 239 g/mol. The van der Waals surface area contributed by atoms with E-state index in [1.165, 1.54) is 19.3 Å². The lowest BCUT2D eigenvalue weighted by atomic mass is 9.82. The van der Waals surface area contributed by atoms with Crippen molar-refractivity contribution in [3.63, 3.8) is 0 Å². The molecular formula is C14H19ClO. The van der Waals surface area contributed by atoms with Gasteiger partial charge in [0, 0.05) is 5.02 Å². The second-order valence-corrected chi connectivity index (χ2v) is 5.34. The van der Waals surface area contributed by atoms with Gasteiger partial charge in [0.2, 0.25) is 0 Å². The third kappa shape index (κ3) is 2.78. The first kappa shape index (κ1) is 11.9. The lowest BCUT2D eigenvalue weighted by Gasteiger charge is -2.27. The minimum absolute atomic E-state index is 0.335. The van der Waals surface area contributed by atoms with Crippen molar-refractivity contribution in [1.29, 1.82) is 0 Å². The molecular weight excluding hydrogens is 220 g/mol. The summed E-state index contributed by atoms with van der Waals surface area (Å²) in [6.07, 6.45) is 5.78. The molecule has 0 saturated heterocycles. The highest BCUT2D eigenvalue weighted by atomic mass is 35.5. The van der Waals surface area contributed by atoms with Gasteiger partial charge in [-0.25, -0.2) is 0 Å². The number of hydrogen-bond acceptors (Lipinski definition) is 1. The first-order valence-corrected chi connectivity index (χ1v) is 6.50. The highest BCUT2D eigenvalue weighted by Gasteiger charge is 2.23. The first-order chi connectivity index (χ1) is 7.66. The minimum Gasteiger partial charge on any atom is -0.388 e. The predicted molar refractivity (Wildman–Crippen MR) is 67.7 cm³/mol. The Balaban J connectivity index is 2.15. The van der Waals surface area contributed by atoms with Crippen molar-refractivity contribution < 1.29 is 5.11 Å². The van der Waals surface area contributed by atoms with Crippen LogP contribution in [0.5, 0.6) is 0 Å². The zero-order chi connectivity index (χ0) is 11.5. The van der Waals surface area contributed by atoms with Gasteiger partial charge >= 0.3 is 0 Å². The molecule has 1 aromatic rings. The molecule has 1 atom stereocenters. The van der Waals surface area contributed by atoms with Gasteiger partial charge in [0.25, 0.3) is 0 Å². The molecule has 0 radical (unpaired) electrons. The van der Waals surface area contributed by atoms with Crippen molar-refractivity contribution in [3.8, 4) is 0 Å². The molecule has 0 spiro atoms. The van der Waals surface area contributed by atoms with Crippen LogP contribution in [0, 0.1) is 12.8 Å². The Morgan fingerprint density at radius 1 is 1.19 bits per heavy atom. The van der Waals surface area contributed by atoms with E-state index < -0.39 is 0 Å². The molecule has 2 heteroatoms. The fourth-order valence-electron chi connectivity index (χ4n) is 2.66. The van der Waals surface area contributed by atoms with E-state index in [9.17, 15) is 5.11 Å². The summed E-state index contributed by atoms with van der Waals surface area (Å²) in [5, 5.41) is 11.1. The van der Waals surface area contributed by atoms with Crippen LogP contribution in [0.4, 0.5) is 0 Å². The van der Waals surface area contributed by atoms with Crippen molar-refractivity contribution in [1.82, 2.24) is 0 Å². The van der Waals surface area contributed by atoms with Gasteiger partial charge in [-0.2, -0.15) is 0 Å². The molecule has 0 bridgehead atoms. The molecule has 1 nitrogen and oxygen atoms in total. The molecule has 88 valence electrons. The average Bonchev–Trinajstić information content (AvgIpc) is 2.28. The Morgan fingerprint density at radius 2 is 1.88 bits per heavy atom. The van der Waals surface area contributed by atoms with Gasteiger partial charge < -0.3 is 5.11 Å². The van der Waals surface area contributed by atoms with E-state index in [2.05, 4.69) is 0 Å². The van der Waals surface area contributed by atoms with Crippen LogP contribution >= 0.6 is 11.6 Å². The molecule has 0 amide bonds. The standard InChI is InChI=1S/C14H19ClO/c1-10-7-12(9-13(15)8-10)14(16)11-5-3-2-4-6-11/h7-9,11,14,16H,2-6H2,1H3. The van der Waals surface area contributed by atoms with E-state index in [4.69, 9.17) is 11.6 Å². The molecule has 2 rings (SSSR count). The van der Waals surface area contributed by atoms with E-state index in [0.29, 0.717) is 5.92 Å². The second-order valence-electron chi connectivity index (χ2n) is 4.90. The molecule has 1 aliphatic carbocycles. The zero-order valence-corrected chi connectivity index (χ0v) is 10.5. The summed E-state index contributed by atoms with van der Waals surface area (Å²) in [5.74, 6) is 0.423. The number of benzene rings is 1. The van der Waals surface area contributed by atoms with Crippen LogP contribution in [0.3, 0.4) is 0 Å². The largest absolute Gasteiger partial charge is 0.388 e. The molecule has 1 unspecified atom stereocenters. The highest BCUT2D eigenvalue weighted by Crippen LogP contribution is 2.35. The van der Waals surface area contributed by atoms with Crippen molar-refractivity contribution in [2.24, 2.45) is 5.92 Å². The normalized spacial score (nSPS) is 19.7. The lowest BCUT2D eigenvalue weighted by Crippen LogP contribution is -2.16. The van der Waals surface area contributed by atoms with Crippen LogP contribution < -0.4 is 0 Å². The van der Waals surface area contributed by atoms with Crippen molar-refractivity contribution in [2.45, 2.75) is 45.1 Å². The van der Waals surface area contributed by atoms with Crippen LogP contribution in [0.15, 0.2) is 18.2 Å². The fourth-order valence-corrected chi connectivity index (χ4v) is 2.96. The third-order valence-corrected chi connectivity index (χ3v) is 3.72. The van der Waals surface area contributed by atoms with Crippen LogP contribution in [0.25, 0.3) is 0 Å². The molecule has 0 heterocycles. The molecule has 0 aromatic heterocycles. The molecule has 1 fully saturated rings. The van der Waals surface area contributed by atoms with E-state index in [0.717, 1.165) is 29.0 Å². The summed E-state index contributed by atoms with van der Waals surface area (Å²) < 4.78 is 0. The van der Waals surface area contributed by atoms with Crippen LogP contribution in [-0.2, 0) is 0 Å². The maximum Gasteiger partial charge on any atom is 0.0818 e. The minimum atomic E-state index is -0.335. The molecule has 1 saturated carbocycles. The van der Waals surface area contributed by atoms with Gasteiger partial charge in [-0.05, 0) is 48.9 Å². The summed E-state index contributed by atoms with van der Waals surface area (Å²) in [6, 6.07) is 5.87. The Hall–Kier alpha value is -0.530. The zero-order valence-electron chi connectivity index (χ0n) is 9.75. The number of rotatable bonds is 2. The van der Waals surface area contributed by atoms with Crippen molar-refractivity contribution in [3.05, 3.63) is 34.3 Å². The van der Waals surface area contributed by atoms with E-state index in [-0.39, 0.29) is 6.10 Å². The SMILES string of the molecule is Cc1cc(Cl)cc(C(O)C2CCCCC2)c1. The monoisotopic (exact) mass is 238 g/mol. The molecule has 16 heavy (non-hydrogen) atoms. The van der Waals surface area contributed by atoms with Gasteiger partial charge in [0.05, 0.1) is 6.10 Å². The smallest absolute Gasteiger partial charge is 0.0818 e. The maximum atomic E-state index is 10.3. The summed E-state index contributed by atoms with van der Waals surface area (Å²) >= 11 is 6.02. The Bertz CT molecular complexity index is 336. The van der Waals surface area contributed by atoms with E-state index in [1.807, 2.05) is 25.1 Å².